The van der Waals surface area contributed by atoms with Gasteiger partial charge in [0.05, 0.1) is 12.0 Å². The van der Waals surface area contributed by atoms with Crippen LogP contribution in [-0.2, 0) is 14.6 Å². The van der Waals surface area contributed by atoms with Crippen molar-refractivity contribution < 1.29 is 17.9 Å². The lowest BCUT2D eigenvalue weighted by atomic mass is 10.1. The van der Waals surface area contributed by atoms with Gasteiger partial charge in [-0.1, -0.05) is 6.07 Å². The van der Waals surface area contributed by atoms with Crippen LogP contribution in [0.2, 0.25) is 0 Å². The van der Waals surface area contributed by atoms with Crippen LogP contribution in [0.15, 0.2) is 29.2 Å². The van der Waals surface area contributed by atoms with Crippen LogP contribution in [-0.4, -0.2) is 32.2 Å². The van der Waals surface area contributed by atoms with Gasteiger partial charge in [-0.2, -0.15) is 0 Å². The molecule has 20 heavy (non-hydrogen) atoms. The molecule has 6 heteroatoms. The molecule has 1 rings (SSSR count). The molecule has 0 heterocycles. The average molecular weight is 299 g/mol. The molecule has 0 radical (unpaired) electrons. The van der Waals surface area contributed by atoms with Gasteiger partial charge in [-0.05, 0) is 45.9 Å². The van der Waals surface area contributed by atoms with Gasteiger partial charge >= 0.3 is 0 Å². The van der Waals surface area contributed by atoms with Gasteiger partial charge in [0, 0.05) is 5.54 Å². The zero-order valence-corrected chi connectivity index (χ0v) is 13.2. The maximum Gasteiger partial charge on any atom is 0.238 e. The fourth-order valence-corrected chi connectivity index (χ4v) is 2.89. The Labute approximate surface area is 120 Å². The van der Waals surface area contributed by atoms with E-state index in [0.29, 0.717) is 5.75 Å². The highest BCUT2D eigenvalue weighted by Gasteiger charge is 2.31. The number of nitrogens with one attached hydrogen (secondary N) is 1. The Morgan fingerprint density at radius 1 is 1.30 bits per heavy atom. The Morgan fingerprint density at radius 2 is 1.90 bits per heavy atom. The molecule has 0 aliphatic heterocycles. The molecule has 1 N–H and O–H groups in total. The van der Waals surface area contributed by atoms with Crippen LogP contribution >= 0.6 is 0 Å². The predicted molar refractivity (Wildman–Crippen MR) is 77.5 cm³/mol. The zero-order chi connectivity index (χ0) is 15.6. The average Bonchev–Trinajstić information content (AvgIpc) is 2.35. The summed E-state index contributed by atoms with van der Waals surface area (Å²) in [5.74, 6) is -0.0742. The summed E-state index contributed by atoms with van der Waals surface area (Å²) in [6.45, 7) is 6.79. The van der Waals surface area contributed by atoms with E-state index >= 15 is 0 Å². The molecular weight excluding hydrogens is 278 g/mol. The summed E-state index contributed by atoms with van der Waals surface area (Å²) < 4.78 is 29.8. The van der Waals surface area contributed by atoms with Gasteiger partial charge in [0.25, 0.3) is 0 Å². The molecular formula is C14H21NO4S. The molecule has 0 aromatic heterocycles. The SMILES string of the molecule is COc1cccc(S(=O)(=O)C(C)C(=O)NC(C)(C)C)c1. The van der Waals surface area contributed by atoms with Crippen LogP contribution in [0.1, 0.15) is 27.7 Å². The molecule has 5 nitrogen and oxygen atoms in total. The van der Waals surface area contributed by atoms with E-state index in [2.05, 4.69) is 5.32 Å². The standard InChI is InChI=1S/C14H21NO4S/c1-10(13(16)15-14(2,3)4)20(17,18)12-8-6-7-11(9-12)19-5/h6-10H,1-5H3,(H,15,16). The molecule has 1 unspecified atom stereocenters. The summed E-state index contributed by atoms with van der Waals surface area (Å²) >= 11 is 0. The molecule has 1 aromatic rings. The topological polar surface area (TPSA) is 72.5 Å². The number of sulfone groups is 1. The Hall–Kier alpha value is -1.56. The van der Waals surface area contributed by atoms with Crippen molar-refractivity contribution in [1.29, 1.82) is 0 Å². The van der Waals surface area contributed by atoms with E-state index in [0.717, 1.165) is 0 Å². The van der Waals surface area contributed by atoms with Crippen molar-refractivity contribution in [3.63, 3.8) is 0 Å². The third-order valence-electron chi connectivity index (χ3n) is 2.70. The first kappa shape index (κ1) is 16.5. The number of methoxy groups -OCH3 is 1. The lowest BCUT2D eigenvalue weighted by Crippen LogP contribution is -2.47. The fraction of sp³-hybridized carbons (Fsp3) is 0.500. The fourth-order valence-electron chi connectivity index (χ4n) is 1.59. The van der Waals surface area contributed by atoms with E-state index in [1.165, 1.54) is 26.2 Å². The second kappa shape index (κ2) is 5.83. The molecule has 0 saturated heterocycles. The molecule has 0 fully saturated rings. The second-order valence-corrected chi connectivity index (χ2v) is 7.87. The maximum absolute atomic E-state index is 12.4. The molecule has 0 bridgehead atoms. The normalized spacial score (nSPS) is 13.7. The minimum Gasteiger partial charge on any atom is -0.497 e. The van der Waals surface area contributed by atoms with E-state index in [1.54, 1.807) is 32.9 Å². The minimum absolute atomic E-state index is 0.0772. The maximum atomic E-state index is 12.4. The third kappa shape index (κ3) is 3.96. The molecule has 1 atom stereocenters. The summed E-state index contributed by atoms with van der Waals surface area (Å²) in [7, 11) is -2.28. The number of hydrogen-bond acceptors (Lipinski definition) is 4. The van der Waals surface area contributed by atoms with Gasteiger partial charge in [0.1, 0.15) is 11.0 Å². The Kier molecular flexibility index (Phi) is 4.81. The molecule has 1 aromatic carbocycles. The Balaban J connectivity index is 3.06. The molecule has 0 aliphatic rings. The first-order valence-corrected chi connectivity index (χ1v) is 7.82. The number of amides is 1. The van der Waals surface area contributed by atoms with Crippen LogP contribution in [0.3, 0.4) is 0 Å². The monoisotopic (exact) mass is 299 g/mol. The number of carbonyl (C=O) groups excluding carboxylic acids is 1. The van der Waals surface area contributed by atoms with E-state index < -0.39 is 26.5 Å². The second-order valence-electron chi connectivity index (χ2n) is 5.61. The first-order valence-electron chi connectivity index (χ1n) is 6.28. The van der Waals surface area contributed by atoms with Crippen LogP contribution in [0.4, 0.5) is 0 Å². The quantitative estimate of drug-likeness (QED) is 0.919. The lowest BCUT2D eigenvalue weighted by Gasteiger charge is -2.23. The van der Waals surface area contributed by atoms with Gasteiger partial charge in [-0.25, -0.2) is 8.42 Å². The van der Waals surface area contributed by atoms with Crippen LogP contribution < -0.4 is 10.1 Å². The van der Waals surface area contributed by atoms with Crippen molar-refractivity contribution in [3.8, 4) is 5.75 Å². The van der Waals surface area contributed by atoms with Gasteiger partial charge < -0.3 is 10.1 Å². The molecule has 112 valence electrons. The molecule has 1 amide bonds. The largest absolute Gasteiger partial charge is 0.497 e. The summed E-state index contributed by atoms with van der Waals surface area (Å²) in [6.07, 6.45) is 0. The van der Waals surface area contributed by atoms with Crippen LogP contribution in [0, 0.1) is 0 Å². The number of ether oxygens (including phenoxy) is 1. The molecule has 0 aliphatic carbocycles. The van der Waals surface area contributed by atoms with Gasteiger partial charge in [0.2, 0.25) is 5.91 Å². The van der Waals surface area contributed by atoms with Crippen molar-refractivity contribution in [2.75, 3.05) is 7.11 Å². The van der Waals surface area contributed by atoms with Crippen molar-refractivity contribution in [2.24, 2.45) is 0 Å². The van der Waals surface area contributed by atoms with Gasteiger partial charge in [0.15, 0.2) is 9.84 Å². The smallest absolute Gasteiger partial charge is 0.238 e. The van der Waals surface area contributed by atoms with E-state index in [4.69, 9.17) is 4.74 Å². The van der Waals surface area contributed by atoms with Crippen molar-refractivity contribution in [3.05, 3.63) is 24.3 Å². The summed E-state index contributed by atoms with van der Waals surface area (Å²) in [5, 5.41) is 1.52. The highest BCUT2D eigenvalue weighted by Crippen LogP contribution is 2.21. The zero-order valence-electron chi connectivity index (χ0n) is 12.4. The number of rotatable bonds is 4. The summed E-state index contributed by atoms with van der Waals surface area (Å²) in [5.41, 5.74) is -0.477. The van der Waals surface area contributed by atoms with Crippen LogP contribution in [0.5, 0.6) is 5.75 Å². The lowest BCUT2D eigenvalue weighted by molar-refractivity contribution is -0.121. The highest BCUT2D eigenvalue weighted by atomic mass is 32.2. The van der Waals surface area contributed by atoms with E-state index in [-0.39, 0.29) is 4.90 Å². The number of benzene rings is 1. The summed E-state index contributed by atoms with van der Waals surface area (Å²) in [6, 6.07) is 6.11. The third-order valence-corrected chi connectivity index (χ3v) is 4.76. The number of hydrogen-bond donors (Lipinski definition) is 1. The van der Waals surface area contributed by atoms with Gasteiger partial charge in [-0.3, -0.25) is 4.79 Å². The van der Waals surface area contributed by atoms with Crippen molar-refractivity contribution in [2.45, 2.75) is 43.4 Å². The highest BCUT2D eigenvalue weighted by molar-refractivity contribution is 7.92. The van der Waals surface area contributed by atoms with E-state index in [9.17, 15) is 13.2 Å². The minimum atomic E-state index is -3.74. The Morgan fingerprint density at radius 3 is 2.40 bits per heavy atom. The number of carbonyl (C=O) groups is 1. The van der Waals surface area contributed by atoms with Gasteiger partial charge in [-0.15, -0.1) is 0 Å². The first-order chi connectivity index (χ1) is 9.08. The van der Waals surface area contributed by atoms with Crippen molar-refractivity contribution >= 4 is 15.7 Å². The molecule has 0 spiro atoms. The van der Waals surface area contributed by atoms with E-state index in [1.807, 2.05) is 0 Å². The van der Waals surface area contributed by atoms with Crippen molar-refractivity contribution in [1.82, 2.24) is 5.32 Å². The Bertz CT molecular complexity index is 587. The van der Waals surface area contributed by atoms with Crippen LogP contribution in [0.25, 0.3) is 0 Å². The summed E-state index contributed by atoms with van der Waals surface area (Å²) in [4.78, 5) is 12.1. The molecule has 0 saturated carbocycles. The predicted octanol–water partition coefficient (Wildman–Crippen LogP) is 1.77.